The monoisotopic (exact) mass is 324 g/mol. The number of nitrogens with one attached hydrogen (secondary N) is 2. The molecule has 5 heterocycles. The Labute approximate surface area is 145 Å². The molecule has 0 amide bonds. The fourth-order valence-corrected chi connectivity index (χ4v) is 3.20. The van der Waals surface area contributed by atoms with Crippen LogP contribution in [0.4, 0.5) is 0 Å². The fourth-order valence-electron chi connectivity index (χ4n) is 3.20. The zero-order chi connectivity index (χ0) is 16.8. The van der Waals surface area contributed by atoms with E-state index in [9.17, 15) is 0 Å². The van der Waals surface area contributed by atoms with Crippen molar-refractivity contribution in [1.82, 2.24) is 10.3 Å². The summed E-state index contributed by atoms with van der Waals surface area (Å²) in [6.07, 6.45) is 18.4. The Kier molecular flexibility index (Phi) is 2.97. The highest BCUT2D eigenvalue weighted by Gasteiger charge is 2.18. The van der Waals surface area contributed by atoms with Crippen LogP contribution < -0.4 is 16.0 Å². The molecule has 0 aromatic carbocycles. The van der Waals surface area contributed by atoms with E-state index in [1.807, 2.05) is 54.7 Å². The number of aromatic nitrogens is 1. The van der Waals surface area contributed by atoms with Crippen LogP contribution in [0.25, 0.3) is 12.2 Å². The van der Waals surface area contributed by atoms with Gasteiger partial charge in [-0.05, 0) is 72.4 Å². The van der Waals surface area contributed by atoms with E-state index in [1.165, 1.54) is 0 Å². The number of nitrogens with zero attached hydrogens (tertiary/aromatic N) is 2. The van der Waals surface area contributed by atoms with Crippen molar-refractivity contribution in [2.75, 3.05) is 0 Å². The minimum absolute atomic E-state index is 0.0555. The van der Waals surface area contributed by atoms with Gasteiger partial charge in [-0.3, -0.25) is 0 Å². The van der Waals surface area contributed by atoms with Crippen LogP contribution in [-0.2, 0) is 0 Å². The molecule has 2 N–H and O–H groups in total. The van der Waals surface area contributed by atoms with E-state index in [4.69, 9.17) is 0 Å². The normalized spacial score (nSPS) is 23.1. The lowest BCUT2D eigenvalue weighted by atomic mass is 10.1. The summed E-state index contributed by atoms with van der Waals surface area (Å²) in [5, 5.41) is 5.51. The predicted molar refractivity (Wildman–Crippen MR) is 102 cm³/mol. The fraction of sp³-hybridized carbons (Fsp3) is 0.0476. The first-order chi connectivity index (χ1) is 12.2. The molecular weight excluding hydrogens is 308 g/mol. The third kappa shape index (κ3) is 2.68. The first-order valence-electron chi connectivity index (χ1n) is 8.24. The maximum Gasteiger partial charge on any atom is 0.0716 e. The second kappa shape index (κ2) is 5.31. The summed E-state index contributed by atoms with van der Waals surface area (Å²) in [7, 11) is 0. The predicted octanol–water partition coefficient (Wildman–Crippen LogP) is 1.79. The molecule has 120 valence electrons. The minimum Gasteiger partial charge on any atom is -0.375 e. The lowest BCUT2D eigenvalue weighted by Crippen LogP contribution is -2.21. The van der Waals surface area contributed by atoms with Crippen LogP contribution in [0.5, 0.6) is 0 Å². The van der Waals surface area contributed by atoms with Crippen LogP contribution >= 0.6 is 0 Å². The largest absolute Gasteiger partial charge is 0.375 e. The first-order valence-corrected chi connectivity index (χ1v) is 8.24. The number of aliphatic imine (C=N–C) groups is 2. The van der Waals surface area contributed by atoms with Gasteiger partial charge in [0.2, 0.25) is 0 Å². The van der Waals surface area contributed by atoms with Crippen LogP contribution in [0.15, 0.2) is 93.9 Å². The molecule has 4 nitrogen and oxygen atoms in total. The topological polar surface area (TPSA) is 52.5 Å². The average Bonchev–Trinajstić information content (AvgIpc) is 3.33. The Bertz CT molecular complexity index is 1130. The molecule has 4 heteroatoms. The molecule has 4 aliphatic heterocycles. The number of allylic oxidation sites excluding steroid dienone is 5. The summed E-state index contributed by atoms with van der Waals surface area (Å²) in [5.74, 6) is 0. The van der Waals surface area contributed by atoms with Crippen molar-refractivity contribution in [3.63, 3.8) is 0 Å². The van der Waals surface area contributed by atoms with Crippen molar-refractivity contribution in [2.24, 2.45) is 9.98 Å². The Morgan fingerprint density at radius 3 is 2.24 bits per heavy atom. The lowest BCUT2D eigenvalue weighted by Gasteiger charge is -2.09. The molecule has 5 rings (SSSR count). The first kappa shape index (κ1) is 14.0. The van der Waals surface area contributed by atoms with E-state index in [1.54, 1.807) is 0 Å². The quantitative estimate of drug-likeness (QED) is 0.751. The van der Waals surface area contributed by atoms with Gasteiger partial charge in [0.05, 0.1) is 28.9 Å². The molecule has 1 aromatic heterocycles. The Morgan fingerprint density at radius 2 is 1.48 bits per heavy atom. The molecule has 1 atom stereocenters. The molecule has 0 fully saturated rings. The third-order valence-electron chi connectivity index (χ3n) is 4.41. The summed E-state index contributed by atoms with van der Waals surface area (Å²) < 4.78 is 0. The second-order valence-corrected chi connectivity index (χ2v) is 6.36. The summed E-state index contributed by atoms with van der Waals surface area (Å²) in [4.78, 5) is 12.7. The number of H-pyrrole nitrogens is 1. The Morgan fingerprint density at radius 1 is 0.800 bits per heavy atom. The van der Waals surface area contributed by atoms with Crippen LogP contribution in [-0.4, -0.2) is 22.4 Å². The molecule has 8 bridgehead atoms. The summed E-state index contributed by atoms with van der Waals surface area (Å²) in [6, 6.07) is 4.15. The smallest absolute Gasteiger partial charge is 0.0716 e. The molecule has 1 unspecified atom stereocenters. The minimum atomic E-state index is 0.0555. The highest BCUT2D eigenvalue weighted by Crippen LogP contribution is 2.22. The maximum atomic E-state index is 4.67. The standard InChI is InChI=1S/C21H16N4/c1-13-8-20-11-18-5-4-16(23-18)9-14-2-3-15(22-14)10-17-6-7-19(24-17)12-21(13)25-20/h2-12,21-22,25H,1H2. The molecule has 25 heavy (non-hydrogen) atoms. The number of rotatable bonds is 0. The Balaban J connectivity index is 1.67. The number of fused-ring (bicyclic) bond motifs is 6. The molecule has 0 spiro atoms. The molecule has 0 saturated carbocycles. The van der Waals surface area contributed by atoms with Gasteiger partial charge in [-0.2, -0.15) is 0 Å². The van der Waals surface area contributed by atoms with Crippen molar-refractivity contribution >= 4 is 23.6 Å². The van der Waals surface area contributed by atoms with E-state index in [0.717, 1.165) is 44.8 Å². The zero-order valence-corrected chi connectivity index (χ0v) is 13.5. The van der Waals surface area contributed by atoms with Crippen molar-refractivity contribution in [2.45, 2.75) is 6.04 Å². The molecule has 4 aliphatic rings. The van der Waals surface area contributed by atoms with E-state index in [-0.39, 0.29) is 6.04 Å². The van der Waals surface area contributed by atoms with Gasteiger partial charge < -0.3 is 10.3 Å². The third-order valence-corrected chi connectivity index (χ3v) is 4.41. The van der Waals surface area contributed by atoms with Crippen LogP contribution in [0.1, 0.15) is 0 Å². The zero-order valence-electron chi connectivity index (χ0n) is 13.5. The lowest BCUT2D eigenvalue weighted by molar-refractivity contribution is 0.820. The molecule has 0 aliphatic carbocycles. The van der Waals surface area contributed by atoms with Crippen LogP contribution in [0.3, 0.4) is 0 Å². The number of hydrogen-bond acceptors (Lipinski definition) is 3. The van der Waals surface area contributed by atoms with E-state index >= 15 is 0 Å². The van der Waals surface area contributed by atoms with Gasteiger partial charge in [-0.15, -0.1) is 0 Å². The van der Waals surface area contributed by atoms with Gasteiger partial charge in [0.1, 0.15) is 0 Å². The molecule has 0 radical (unpaired) electrons. The molecule has 1 aromatic rings. The van der Waals surface area contributed by atoms with Crippen LogP contribution in [0.2, 0.25) is 0 Å². The highest BCUT2D eigenvalue weighted by atomic mass is 15.0. The van der Waals surface area contributed by atoms with Gasteiger partial charge in [0.15, 0.2) is 0 Å². The van der Waals surface area contributed by atoms with Crippen LogP contribution in [0, 0.1) is 0 Å². The number of aromatic amines is 1. The van der Waals surface area contributed by atoms with E-state index < -0.39 is 0 Å². The maximum absolute atomic E-state index is 4.67. The van der Waals surface area contributed by atoms with Crippen molar-refractivity contribution in [3.05, 3.63) is 94.6 Å². The molecular formula is C21H16N4. The van der Waals surface area contributed by atoms with Gasteiger partial charge in [-0.1, -0.05) is 6.58 Å². The Hall–Kier alpha value is -3.40. The van der Waals surface area contributed by atoms with Crippen molar-refractivity contribution in [1.29, 1.82) is 0 Å². The second-order valence-electron chi connectivity index (χ2n) is 6.36. The van der Waals surface area contributed by atoms with Gasteiger partial charge in [0, 0.05) is 16.4 Å². The average molecular weight is 324 g/mol. The van der Waals surface area contributed by atoms with Crippen molar-refractivity contribution in [3.8, 4) is 0 Å². The summed E-state index contributed by atoms with van der Waals surface area (Å²) in [6.45, 7) is 4.15. The van der Waals surface area contributed by atoms with E-state index in [0.29, 0.717) is 0 Å². The summed E-state index contributed by atoms with van der Waals surface area (Å²) >= 11 is 0. The highest BCUT2D eigenvalue weighted by molar-refractivity contribution is 6.20. The van der Waals surface area contributed by atoms with Gasteiger partial charge in [-0.25, -0.2) is 9.98 Å². The van der Waals surface area contributed by atoms with Gasteiger partial charge in [0.25, 0.3) is 0 Å². The van der Waals surface area contributed by atoms with Gasteiger partial charge >= 0.3 is 0 Å². The van der Waals surface area contributed by atoms with E-state index in [2.05, 4.69) is 39.0 Å². The van der Waals surface area contributed by atoms with Crippen molar-refractivity contribution < 1.29 is 0 Å². The molecule has 0 saturated heterocycles. The SMILES string of the molecule is C=C1C=C2C=C3C=CC(=N3)C=c3ccc([nH]3)=CC3=NC(=CC1N2)C=C3. The summed E-state index contributed by atoms with van der Waals surface area (Å²) in [5.41, 5.74) is 5.78. The number of hydrogen-bond donors (Lipinski definition) is 2.